The van der Waals surface area contributed by atoms with Crippen molar-refractivity contribution in [3.05, 3.63) is 29.8 Å². The van der Waals surface area contributed by atoms with Crippen LogP contribution in [0.4, 0.5) is 0 Å². The fourth-order valence-corrected chi connectivity index (χ4v) is 3.10. The van der Waals surface area contributed by atoms with Crippen LogP contribution in [0, 0.1) is 0 Å². The fraction of sp³-hybridized carbons (Fsp3) is 0.600. The summed E-state index contributed by atoms with van der Waals surface area (Å²) in [5.74, 6) is 1.73. The Hall–Kier alpha value is -1.06. The second-order valence-electron chi connectivity index (χ2n) is 5.49. The number of ether oxygens (including phenoxy) is 1. The Balaban J connectivity index is 1.70. The molecule has 18 heavy (non-hydrogen) atoms. The van der Waals surface area contributed by atoms with Crippen LogP contribution < -0.4 is 10.1 Å². The van der Waals surface area contributed by atoms with Gasteiger partial charge in [0.15, 0.2) is 0 Å². The van der Waals surface area contributed by atoms with Gasteiger partial charge >= 0.3 is 0 Å². The van der Waals surface area contributed by atoms with E-state index >= 15 is 0 Å². The lowest BCUT2D eigenvalue weighted by molar-refractivity contribution is 0.175. The minimum absolute atomic E-state index is 0.619. The first-order valence-electron chi connectivity index (χ1n) is 7.00. The molecule has 1 N–H and O–H groups in total. The van der Waals surface area contributed by atoms with Crippen molar-refractivity contribution in [2.24, 2.45) is 0 Å². The molecule has 2 heterocycles. The highest BCUT2D eigenvalue weighted by Gasteiger charge is 2.25. The van der Waals surface area contributed by atoms with E-state index < -0.39 is 0 Å². The first-order chi connectivity index (χ1) is 8.83. The van der Waals surface area contributed by atoms with E-state index in [4.69, 9.17) is 4.74 Å². The number of nitrogens with zero attached hydrogens (tertiary/aromatic N) is 1. The quantitative estimate of drug-likeness (QED) is 0.862. The molecule has 1 unspecified atom stereocenters. The van der Waals surface area contributed by atoms with Crippen molar-refractivity contribution >= 4 is 0 Å². The molecule has 3 heteroatoms. The highest BCUT2D eigenvalue weighted by atomic mass is 16.5. The first-order valence-corrected chi connectivity index (χ1v) is 7.00. The lowest BCUT2D eigenvalue weighted by Crippen LogP contribution is -2.50. The molecule has 98 valence electrons. The molecule has 1 aromatic carbocycles. The second kappa shape index (κ2) is 5.29. The van der Waals surface area contributed by atoms with Gasteiger partial charge in [0, 0.05) is 38.1 Å². The Labute approximate surface area is 109 Å². The molecule has 2 aliphatic rings. The Bertz CT molecular complexity index is 407. The topological polar surface area (TPSA) is 24.5 Å². The third-order valence-corrected chi connectivity index (χ3v) is 4.01. The zero-order chi connectivity index (χ0) is 12.4. The zero-order valence-electron chi connectivity index (χ0n) is 11.1. The van der Waals surface area contributed by atoms with Crippen molar-refractivity contribution in [1.29, 1.82) is 0 Å². The molecule has 0 radical (unpaired) electrons. The largest absolute Gasteiger partial charge is 0.493 e. The van der Waals surface area contributed by atoms with Crippen LogP contribution in [0.25, 0.3) is 0 Å². The van der Waals surface area contributed by atoms with Gasteiger partial charge in [-0.15, -0.1) is 0 Å². The molecule has 1 aromatic rings. The molecule has 0 saturated carbocycles. The molecule has 2 atom stereocenters. The van der Waals surface area contributed by atoms with Gasteiger partial charge in [-0.2, -0.15) is 0 Å². The molecule has 3 nitrogen and oxygen atoms in total. The van der Waals surface area contributed by atoms with Crippen molar-refractivity contribution in [3.8, 4) is 5.75 Å². The number of hydrogen-bond acceptors (Lipinski definition) is 3. The van der Waals surface area contributed by atoms with Crippen LogP contribution in [-0.2, 0) is 0 Å². The smallest absolute Gasteiger partial charge is 0.122 e. The van der Waals surface area contributed by atoms with E-state index in [2.05, 4.69) is 41.4 Å². The Morgan fingerprint density at radius 2 is 2.28 bits per heavy atom. The van der Waals surface area contributed by atoms with E-state index in [0.717, 1.165) is 25.3 Å². The Morgan fingerprint density at radius 1 is 1.39 bits per heavy atom. The van der Waals surface area contributed by atoms with Gasteiger partial charge in [0.2, 0.25) is 0 Å². The molecule has 0 aliphatic carbocycles. The second-order valence-corrected chi connectivity index (χ2v) is 5.49. The normalized spacial score (nSPS) is 28.5. The van der Waals surface area contributed by atoms with Gasteiger partial charge in [-0.1, -0.05) is 18.2 Å². The van der Waals surface area contributed by atoms with Gasteiger partial charge in [-0.05, 0) is 25.0 Å². The number of benzene rings is 1. The molecular formula is C15H22N2O. The van der Waals surface area contributed by atoms with E-state index in [9.17, 15) is 0 Å². The summed E-state index contributed by atoms with van der Waals surface area (Å²) in [5, 5.41) is 3.50. The van der Waals surface area contributed by atoms with E-state index in [1.807, 2.05) is 0 Å². The molecule has 3 rings (SSSR count). The van der Waals surface area contributed by atoms with Crippen LogP contribution in [0.5, 0.6) is 5.75 Å². The first kappa shape index (κ1) is 12.0. The summed E-state index contributed by atoms with van der Waals surface area (Å²) in [5.41, 5.74) is 1.40. The minimum atomic E-state index is 0.619. The summed E-state index contributed by atoms with van der Waals surface area (Å²) in [6.45, 7) is 7.76. The SMILES string of the molecule is C[C@@H]1CN(CC2CCOc3ccccc32)CCN1. The predicted molar refractivity (Wildman–Crippen MR) is 73.2 cm³/mol. The zero-order valence-corrected chi connectivity index (χ0v) is 11.1. The van der Waals surface area contributed by atoms with Gasteiger partial charge < -0.3 is 10.1 Å². The number of fused-ring (bicyclic) bond motifs is 1. The molecular weight excluding hydrogens is 224 g/mol. The van der Waals surface area contributed by atoms with Gasteiger partial charge in [0.25, 0.3) is 0 Å². The van der Waals surface area contributed by atoms with Gasteiger partial charge in [0.1, 0.15) is 5.75 Å². The van der Waals surface area contributed by atoms with Crippen LogP contribution in [0.1, 0.15) is 24.8 Å². The fourth-order valence-electron chi connectivity index (χ4n) is 3.10. The standard InChI is InChI=1S/C15H22N2O/c1-12-10-17(8-7-16-12)11-13-6-9-18-15-5-3-2-4-14(13)15/h2-5,12-13,16H,6-11H2,1H3/t12-,13?/m1/s1. The lowest BCUT2D eigenvalue weighted by Gasteiger charge is -2.36. The van der Waals surface area contributed by atoms with Crippen molar-refractivity contribution in [3.63, 3.8) is 0 Å². The summed E-state index contributed by atoms with van der Waals surface area (Å²) in [4.78, 5) is 2.59. The minimum Gasteiger partial charge on any atom is -0.493 e. The Morgan fingerprint density at radius 3 is 3.17 bits per heavy atom. The predicted octanol–water partition coefficient (Wildman–Crippen LogP) is 1.85. The third kappa shape index (κ3) is 2.52. The maximum atomic E-state index is 5.73. The average Bonchev–Trinajstić information content (AvgIpc) is 2.39. The summed E-state index contributed by atoms with van der Waals surface area (Å²) in [6.07, 6.45) is 1.15. The van der Waals surface area contributed by atoms with Crippen LogP contribution in [0.3, 0.4) is 0 Å². The highest BCUT2D eigenvalue weighted by molar-refractivity contribution is 5.37. The number of para-hydroxylation sites is 1. The maximum Gasteiger partial charge on any atom is 0.122 e. The van der Waals surface area contributed by atoms with Crippen LogP contribution in [-0.4, -0.2) is 43.7 Å². The Kier molecular flexibility index (Phi) is 3.52. The van der Waals surface area contributed by atoms with Crippen LogP contribution in [0.15, 0.2) is 24.3 Å². The van der Waals surface area contributed by atoms with Crippen LogP contribution in [0.2, 0.25) is 0 Å². The molecule has 1 saturated heterocycles. The van der Waals surface area contributed by atoms with Crippen molar-refractivity contribution in [2.45, 2.75) is 25.3 Å². The lowest BCUT2D eigenvalue weighted by atomic mass is 9.92. The summed E-state index contributed by atoms with van der Waals surface area (Å²) in [7, 11) is 0. The average molecular weight is 246 g/mol. The number of hydrogen-bond donors (Lipinski definition) is 1. The van der Waals surface area contributed by atoms with Crippen molar-refractivity contribution < 1.29 is 4.74 Å². The summed E-state index contributed by atoms with van der Waals surface area (Å²) >= 11 is 0. The van der Waals surface area contributed by atoms with E-state index in [1.165, 1.54) is 25.2 Å². The molecule has 0 aromatic heterocycles. The molecule has 0 spiro atoms. The monoisotopic (exact) mass is 246 g/mol. The number of nitrogens with one attached hydrogen (secondary N) is 1. The van der Waals surface area contributed by atoms with E-state index in [1.54, 1.807) is 0 Å². The van der Waals surface area contributed by atoms with Gasteiger partial charge in [-0.3, -0.25) is 4.90 Å². The van der Waals surface area contributed by atoms with E-state index in [0.29, 0.717) is 12.0 Å². The highest BCUT2D eigenvalue weighted by Crippen LogP contribution is 2.33. The number of rotatable bonds is 2. The van der Waals surface area contributed by atoms with Gasteiger partial charge in [-0.25, -0.2) is 0 Å². The summed E-state index contributed by atoms with van der Waals surface area (Å²) in [6, 6.07) is 9.13. The van der Waals surface area contributed by atoms with Crippen molar-refractivity contribution in [2.75, 3.05) is 32.8 Å². The van der Waals surface area contributed by atoms with E-state index in [-0.39, 0.29) is 0 Å². The number of piperazine rings is 1. The molecule has 1 fully saturated rings. The molecule has 0 bridgehead atoms. The van der Waals surface area contributed by atoms with Gasteiger partial charge in [0.05, 0.1) is 6.61 Å². The maximum absolute atomic E-state index is 5.73. The van der Waals surface area contributed by atoms with Crippen molar-refractivity contribution in [1.82, 2.24) is 10.2 Å². The molecule has 2 aliphatic heterocycles. The third-order valence-electron chi connectivity index (χ3n) is 4.01. The summed E-state index contributed by atoms with van der Waals surface area (Å²) < 4.78 is 5.73. The molecule has 0 amide bonds. The van der Waals surface area contributed by atoms with Crippen LogP contribution >= 0.6 is 0 Å².